The molecule has 108 valence electrons. The summed E-state index contributed by atoms with van der Waals surface area (Å²) in [5.41, 5.74) is 0.975. The monoisotopic (exact) mass is 276 g/mol. The van der Waals surface area contributed by atoms with Crippen LogP contribution in [0.25, 0.3) is 0 Å². The first-order chi connectivity index (χ1) is 9.33. The van der Waals surface area contributed by atoms with Gasteiger partial charge in [-0.05, 0) is 5.54 Å². The molecule has 0 aromatic heterocycles. The standard InChI is InChI=1S/C18H32Si/c1-3-4-5-6-7-8-9-11-14-17(2)19-18-15-12-10-13-16-18/h10,12-13,15-17H,3-9,11,14,19H2,1-2H3/t17-/m0/s1. The van der Waals surface area contributed by atoms with Gasteiger partial charge in [-0.2, -0.15) is 0 Å². The maximum atomic E-state index is 2.46. The van der Waals surface area contributed by atoms with Crippen LogP contribution in [0.3, 0.4) is 0 Å². The highest BCUT2D eigenvalue weighted by Crippen LogP contribution is 2.15. The lowest BCUT2D eigenvalue weighted by molar-refractivity contribution is 0.562. The molecule has 1 aromatic carbocycles. The first-order valence-electron chi connectivity index (χ1n) is 8.37. The third kappa shape index (κ3) is 9.04. The fraction of sp³-hybridized carbons (Fsp3) is 0.667. The predicted octanol–water partition coefficient (Wildman–Crippen LogP) is 4.82. The van der Waals surface area contributed by atoms with E-state index in [1.165, 1.54) is 57.8 Å². The van der Waals surface area contributed by atoms with E-state index in [1.54, 1.807) is 5.19 Å². The molecule has 0 amide bonds. The summed E-state index contributed by atoms with van der Waals surface area (Å²) in [7, 11) is -0.0378. The molecule has 0 bridgehead atoms. The second-order valence-electron chi connectivity index (χ2n) is 6.06. The van der Waals surface area contributed by atoms with Crippen molar-refractivity contribution in [1.29, 1.82) is 0 Å². The molecular weight excluding hydrogens is 244 g/mol. The van der Waals surface area contributed by atoms with Crippen LogP contribution < -0.4 is 5.19 Å². The van der Waals surface area contributed by atoms with Crippen LogP contribution in [0.15, 0.2) is 30.3 Å². The zero-order chi connectivity index (χ0) is 13.8. The van der Waals surface area contributed by atoms with Gasteiger partial charge < -0.3 is 0 Å². The highest BCUT2D eigenvalue weighted by molar-refractivity contribution is 6.54. The number of hydrogen-bond acceptors (Lipinski definition) is 0. The van der Waals surface area contributed by atoms with Crippen molar-refractivity contribution >= 4 is 14.7 Å². The van der Waals surface area contributed by atoms with Gasteiger partial charge in [-0.15, -0.1) is 0 Å². The number of hydrogen-bond donors (Lipinski definition) is 0. The molecule has 1 aromatic rings. The highest BCUT2D eigenvalue weighted by atomic mass is 28.2. The molecule has 0 aliphatic carbocycles. The van der Waals surface area contributed by atoms with Crippen LogP contribution >= 0.6 is 0 Å². The van der Waals surface area contributed by atoms with Crippen molar-refractivity contribution in [2.75, 3.05) is 0 Å². The van der Waals surface area contributed by atoms with Crippen molar-refractivity contribution in [3.8, 4) is 0 Å². The molecule has 0 saturated heterocycles. The first kappa shape index (κ1) is 16.5. The van der Waals surface area contributed by atoms with Crippen LogP contribution in [-0.4, -0.2) is 9.52 Å². The quantitative estimate of drug-likeness (QED) is 0.401. The minimum atomic E-state index is -0.0378. The molecule has 0 aliphatic heterocycles. The van der Waals surface area contributed by atoms with Crippen LogP contribution in [0.4, 0.5) is 0 Å². The van der Waals surface area contributed by atoms with Gasteiger partial charge in [0.2, 0.25) is 0 Å². The lowest BCUT2D eigenvalue weighted by atomic mass is 10.1. The van der Waals surface area contributed by atoms with Crippen molar-refractivity contribution in [3.05, 3.63) is 30.3 Å². The molecule has 0 fully saturated rings. The van der Waals surface area contributed by atoms with Gasteiger partial charge in [-0.3, -0.25) is 0 Å². The van der Waals surface area contributed by atoms with Crippen LogP contribution in [0.5, 0.6) is 0 Å². The van der Waals surface area contributed by atoms with E-state index < -0.39 is 0 Å². The Hall–Kier alpha value is -0.563. The lowest BCUT2D eigenvalue weighted by Gasteiger charge is -2.10. The molecule has 0 heterocycles. The van der Waals surface area contributed by atoms with Gasteiger partial charge in [-0.25, -0.2) is 0 Å². The van der Waals surface area contributed by atoms with E-state index in [2.05, 4.69) is 44.2 Å². The van der Waals surface area contributed by atoms with Crippen molar-refractivity contribution < 1.29 is 0 Å². The fourth-order valence-electron chi connectivity index (χ4n) is 2.75. The van der Waals surface area contributed by atoms with Gasteiger partial charge in [0, 0.05) is 0 Å². The Morgan fingerprint density at radius 2 is 1.42 bits per heavy atom. The highest BCUT2D eigenvalue weighted by Gasteiger charge is 2.04. The van der Waals surface area contributed by atoms with E-state index in [-0.39, 0.29) is 9.52 Å². The van der Waals surface area contributed by atoms with Crippen molar-refractivity contribution in [2.24, 2.45) is 0 Å². The maximum absolute atomic E-state index is 2.46. The Morgan fingerprint density at radius 1 is 0.842 bits per heavy atom. The molecular formula is C18H32Si. The summed E-state index contributed by atoms with van der Waals surface area (Å²) < 4.78 is 0. The predicted molar refractivity (Wildman–Crippen MR) is 91.3 cm³/mol. The lowest BCUT2D eigenvalue weighted by Crippen LogP contribution is -2.17. The van der Waals surface area contributed by atoms with E-state index >= 15 is 0 Å². The van der Waals surface area contributed by atoms with Crippen LogP contribution in [0.1, 0.15) is 71.6 Å². The number of rotatable bonds is 11. The average Bonchev–Trinajstić information content (AvgIpc) is 2.43. The summed E-state index contributed by atoms with van der Waals surface area (Å²) in [5, 5.41) is 1.63. The fourth-order valence-corrected chi connectivity index (χ4v) is 4.59. The molecule has 1 rings (SSSR count). The Labute approximate surface area is 122 Å². The summed E-state index contributed by atoms with van der Waals surface area (Å²) in [6, 6.07) is 11.1. The van der Waals surface area contributed by atoms with Gasteiger partial charge in [0.25, 0.3) is 0 Å². The molecule has 0 radical (unpaired) electrons. The molecule has 0 N–H and O–H groups in total. The van der Waals surface area contributed by atoms with Crippen molar-refractivity contribution in [2.45, 2.75) is 77.2 Å². The van der Waals surface area contributed by atoms with Crippen molar-refractivity contribution in [1.82, 2.24) is 0 Å². The Morgan fingerprint density at radius 3 is 2.05 bits per heavy atom. The van der Waals surface area contributed by atoms with Crippen molar-refractivity contribution in [3.63, 3.8) is 0 Å². The summed E-state index contributed by atoms with van der Waals surface area (Å²) in [4.78, 5) is 0. The van der Waals surface area contributed by atoms with E-state index in [9.17, 15) is 0 Å². The Bertz CT molecular complexity index is 294. The maximum Gasteiger partial charge on any atom is 0.0575 e. The third-order valence-corrected chi connectivity index (χ3v) is 6.03. The first-order valence-corrected chi connectivity index (χ1v) is 9.89. The van der Waals surface area contributed by atoms with E-state index in [4.69, 9.17) is 0 Å². The van der Waals surface area contributed by atoms with Gasteiger partial charge in [-0.1, -0.05) is 107 Å². The smallest absolute Gasteiger partial charge is 0.0575 e. The van der Waals surface area contributed by atoms with Crippen LogP contribution in [0.2, 0.25) is 5.54 Å². The molecule has 0 saturated carbocycles. The largest absolute Gasteiger partial charge is 0.0667 e. The summed E-state index contributed by atoms with van der Waals surface area (Å²) in [6.07, 6.45) is 13.0. The topological polar surface area (TPSA) is 0 Å². The van der Waals surface area contributed by atoms with E-state index in [1.807, 2.05) is 0 Å². The van der Waals surface area contributed by atoms with Crippen LogP contribution in [0, 0.1) is 0 Å². The van der Waals surface area contributed by atoms with E-state index in [0.29, 0.717) is 0 Å². The number of unbranched alkanes of at least 4 members (excludes halogenated alkanes) is 7. The number of benzene rings is 1. The Kier molecular flexibility index (Phi) is 9.79. The molecule has 0 unspecified atom stereocenters. The molecule has 19 heavy (non-hydrogen) atoms. The summed E-state index contributed by atoms with van der Waals surface area (Å²) in [5.74, 6) is 0. The zero-order valence-electron chi connectivity index (χ0n) is 13.0. The Balaban J connectivity index is 1.94. The zero-order valence-corrected chi connectivity index (χ0v) is 14.4. The van der Waals surface area contributed by atoms with Crippen LogP contribution in [-0.2, 0) is 0 Å². The summed E-state index contributed by atoms with van der Waals surface area (Å²) >= 11 is 0. The van der Waals surface area contributed by atoms with Gasteiger partial charge in [0.1, 0.15) is 0 Å². The minimum Gasteiger partial charge on any atom is -0.0667 e. The second kappa shape index (κ2) is 11.3. The second-order valence-corrected chi connectivity index (χ2v) is 8.68. The molecule has 1 heteroatoms. The van der Waals surface area contributed by atoms with Gasteiger partial charge in [0.15, 0.2) is 0 Å². The average molecular weight is 277 g/mol. The summed E-state index contributed by atoms with van der Waals surface area (Å²) in [6.45, 7) is 4.75. The third-order valence-electron chi connectivity index (χ3n) is 3.98. The molecule has 0 aliphatic rings. The van der Waals surface area contributed by atoms with Gasteiger partial charge in [0.05, 0.1) is 9.52 Å². The molecule has 0 nitrogen and oxygen atoms in total. The van der Waals surface area contributed by atoms with Gasteiger partial charge >= 0.3 is 0 Å². The normalized spacial score (nSPS) is 13.2. The molecule has 1 atom stereocenters. The SMILES string of the molecule is CCCCCCCCCC[C@H](C)[SiH2]c1ccccc1. The van der Waals surface area contributed by atoms with E-state index in [0.717, 1.165) is 5.54 Å². The molecule has 0 spiro atoms. The minimum absolute atomic E-state index is 0.0378.